The van der Waals surface area contributed by atoms with Crippen LogP contribution >= 0.6 is 0 Å². The molecule has 8 bridgehead atoms. The monoisotopic (exact) mass is 566 g/mol. The number of carboxylic acids is 2. The highest BCUT2D eigenvalue weighted by molar-refractivity contribution is 6.23. The minimum atomic E-state index is -1.15. The van der Waals surface area contributed by atoms with Crippen molar-refractivity contribution < 1.29 is 39.0 Å². The summed E-state index contributed by atoms with van der Waals surface area (Å²) in [5.41, 5.74) is -0.379. The van der Waals surface area contributed by atoms with Crippen LogP contribution in [0.3, 0.4) is 0 Å². The highest BCUT2D eigenvalue weighted by Crippen LogP contribution is 2.75. The molecule has 7 saturated carbocycles. The third kappa shape index (κ3) is 2.63. The van der Waals surface area contributed by atoms with Crippen LogP contribution in [0.5, 0.6) is 0 Å². The Labute approximate surface area is 239 Å². The number of carboxylic acid groups (broad SMARTS) is 2. The van der Waals surface area contributed by atoms with E-state index in [-0.39, 0.29) is 80.7 Å². The van der Waals surface area contributed by atoms with Crippen LogP contribution in [0.15, 0.2) is 36.4 Å². The lowest BCUT2D eigenvalue weighted by atomic mass is 9.32. The van der Waals surface area contributed by atoms with Crippen LogP contribution in [0.2, 0.25) is 0 Å². The van der Waals surface area contributed by atoms with E-state index in [9.17, 15) is 39.0 Å². The number of imide groups is 2. The summed E-state index contributed by atoms with van der Waals surface area (Å²) in [6.07, 6.45) is 4.16. The van der Waals surface area contributed by atoms with Gasteiger partial charge in [0.2, 0.25) is 0 Å². The van der Waals surface area contributed by atoms with Crippen LogP contribution in [0.1, 0.15) is 101 Å². The maximum Gasteiger partial charge on any atom is 0.335 e. The van der Waals surface area contributed by atoms with Crippen molar-refractivity contribution in [2.45, 2.75) is 49.6 Å². The van der Waals surface area contributed by atoms with Gasteiger partial charge in [-0.05, 0) is 110 Å². The summed E-state index contributed by atoms with van der Waals surface area (Å²) in [4.78, 5) is 80.7. The molecule has 4 amide bonds. The van der Waals surface area contributed by atoms with Crippen molar-refractivity contribution in [1.82, 2.24) is 9.80 Å². The average Bonchev–Trinajstić information content (AvgIpc) is 3.39. The molecule has 10 nitrogen and oxygen atoms in total. The van der Waals surface area contributed by atoms with Crippen molar-refractivity contribution in [2.24, 2.45) is 35.5 Å². The smallest absolute Gasteiger partial charge is 0.335 e. The molecule has 0 saturated heterocycles. The van der Waals surface area contributed by atoms with Crippen LogP contribution in [0.4, 0.5) is 0 Å². The summed E-state index contributed by atoms with van der Waals surface area (Å²) in [5, 5.41) is 18.9. The zero-order valence-electron chi connectivity index (χ0n) is 22.4. The van der Waals surface area contributed by atoms with Gasteiger partial charge in [0.05, 0.1) is 44.5 Å². The molecule has 2 aliphatic heterocycles. The van der Waals surface area contributed by atoms with E-state index in [0.29, 0.717) is 38.5 Å². The predicted octanol–water partition coefficient (Wildman–Crippen LogP) is 3.56. The molecule has 7 fully saturated rings. The Morgan fingerprint density at radius 2 is 0.810 bits per heavy atom. The molecule has 9 aliphatic rings. The lowest BCUT2D eigenvalue weighted by Crippen LogP contribution is -2.76. The highest BCUT2D eigenvalue weighted by Gasteiger charge is 2.74. The molecule has 2 heterocycles. The van der Waals surface area contributed by atoms with Gasteiger partial charge < -0.3 is 10.2 Å². The average molecular weight is 567 g/mol. The fraction of sp³-hybridized carbons (Fsp3) is 0.438. The van der Waals surface area contributed by atoms with E-state index in [1.54, 1.807) is 0 Å². The molecular weight excluding hydrogens is 540 g/mol. The van der Waals surface area contributed by atoms with Crippen molar-refractivity contribution in [3.8, 4) is 0 Å². The highest BCUT2D eigenvalue weighted by atomic mass is 16.4. The third-order valence-electron chi connectivity index (χ3n) is 12.2. The number of nitrogens with zero attached hydrogens (tertiary/aromatic N) is 2. The molecule has 42 heavy (non-hydrogen) atoms. The van der Waals surface area contributed by atoms with E-state index in [1.807, 2.05) is 0 Å². The predicted molar refractivity (Wildman–Crippen MR) is 142 cm³/mol. The summed E-state index contributed by atoms with van der Waals surface area (Å²) in [7, 11) is 0. The number of fused-ring (bicyclic) bond motifs is 2. The Morgan fingerprint density at radius 1 is 0.524 bits per heavy atom. The Bertz CT molecular complexity index is 1570. The van der Waals surface area contributed by atoms with Crippen molar-refractivity contribution in [3.05, 3.63) is 69.8 Å². The van der Waals surface area contributed by atoms with E-state index in [4.69, 9.17) is 0 Å². The molecule has 0 aromatic heterocycles. The summed E-state index contributed by atoms with van der Waals surface area (Å²) >= 11 is 0. The quantitative estimate of drug-likeness (QED) is 0.534. The molecule has 11 rings (SSSR count). The lowest BCUT2D eigenvalue weighted by molar-refractivity contribution is -0.245. The number of aromatic carboxylic acids is 2. The largest absolute Gasteiger partial charge is 0.478 e. The van der Waals surface area contributed by atoms with Crippen molar-refractivity contribution in [1.29, 1.82) is 0 Å². The fourth-order valence-corrected chi connectivity index (χ4v) is 11.0. The van der Waals surface area contributed by atoms with Crippen molar-refractivity contribution in [3.63, 3.8) is 0 Å². The molecule has 0 radical (unpaired) electrons. The molecule has 0 unspecified atom stereocenters. The zero-order valence-corrected chi connectivity index (χ0v) is 22.4. The van der Waals surface area contributed by atoms with Crippen LogP contribution in [-0.2, 0) is 0 Å². The molecule has 2 N–H and O–H groups in total. The van der Waals surface area contributed by atoms with Crippen LogP contribution in [0, 0.1) is 35.5 Å². The van der Waals surface area contributed by atoms with Crippen LogP contribution < -0.4 is 0 Å². The standard InChI is InChI=1S/C32H26N2O8/c35-25-15-3-1-13(29(39)40)5-17(15)27(37)33(25)31-7-19-22-10-32(11-23(19)21(9-31)24(12-32)20(22)8-31)34-26(36)16-4-2-14(30(41)42)6-18(16)28(34)38/h1-6,19-24H,7-12H2,(H,39,40)(H,41,42). The molecule has 2 aromatic carbocycles. The van der Waals surface area contributed by atoms with Gasteiger partial charge in [0, 0.05) is 0 Å². The van der Waals surface area contributed by atoms with Gasteiger partial charge in [-0.15, -0.1) is 0 Å². The number of amides is 4. The molecule has 0 atom stereocenters. The van der Waals surface area contributed by atoms with Crippen molar-refractivity contribution in [2.75, 3.05) is 0 Å². The van der Waals surface area contributed by atoms with E-state index >= 15 is 0 Å². The first-order valence-electron chi connectivity index (χ1n) is 14.6. The first-order chi connectivity index (χ1) is 20.0. The SMILES string of the molecule is O=C(O)c1ccc2c(c1)C(=O)N(C13CC4C5CC6(N7C(=O)c8ccc(C(=O)O)cc8C7=O)CC4C(C1)C(C6)C5C3)C2=O. The van der Waals surface area contributed by atoms with Gasteiger partial charge in [0.15, 0.2) is 0 Å². The maximum absolute atomic E-state index is 13.7. The summed E-state index contributed by atoms with van der Waals surface area (Å²) in [5.74, 6) is -2.11. The number of rotatable bonds is 4. The van der Waals surface area contributed by atoms with Gasteiger partial charge in [-0.3, -0.25) is 29.0 Å². The van der Waals surface area contributed by atoms with E-state index in [0.717, 1.165) is 0 Å². The Kier molecular flexibility index (Phi) is 4.25. The normalized spacial score (nSPS) is 38.1. The first-order valence-corrected chi connectivity index (χ1v) is 14.6. The molecule has 10 heteroatoms. The molecular formula is C32H26N2O8. The van der Waals surface area contributed by atoms with E-state index < -0.39 is 34.8 Å². The Hall–Kier alpha value is -4.34. The minimum Gasteiger partial charge on any atom is -0.478 e. The molecule has 212 valence electrons. The second-order valence-electron chi connectivity index (χ2n) is 13.7. The molecule has 0 spiro atoms. The van der Waals surface area contributed by atoms with Gasteiger partial charge in [-0.1, -0.05) is 0 Å². The lowest BCUT2D eigenvalue weighted by Gasteiger charge is -2.76. The summed E-state index contributed by atoms with van der Waals surface area (Å²) in [6.45, 7) is 0. The fourth-order valence-electron chi connectivity index (χ4n) is 11.0. The topological polar surface area (TPSA) is 149 Å². The number of carbonyl (C=O) groups is 6. The Balaban J connectivity index is 1.04. The number of hydrogen-bond acceptors (Lipinski definition) is 6. The minimum absolute atomic E-state index is 0.0186. The summed E-state index contributed by atoms with van der Waals surface area (Å²) in [6, 6.07) is 8.28. The van der Waals surface area contributed by atoms with Gasteiger partial charge in [-0.25, -0.2) is 9.59 Å². The summed E-state index contributed by atoms with van der Waals surface area (Å²) < 4.78 is 0. The Morgan fingerprint density at radius 3 is 1.10 bits per heavy atom. The number of benzene rings is 2. The number of hydrogen-bond donors (Lipinski definition) is 2. The zero-order chi connectivity index (χ0) is 29.0. The van der Waals surface area contributed by atoms with Gasteiger partial charge >= 0.3 is 11.9 Å². The second kappa shape index (κ2) is 7.35. The second-order valence-corrected chi connectivity index (χ2v) is 13.7. The first kappa shape index (κ1) is 24.3. The van der Waals surface area contributed by atoms with Crippen LogP contribution in [-0.4, -0.2) is 66.7 Å². The van der Waals surface area contributed by atoms with Gasteiger partial charge in [0.25, 0.3) is 23.6 Å². The van der Waals surface area contributed by atoms with Gasteiger partial charge in [0.1, 0.15) is 0 Å². The number of carbonyl (C=O) groups excluding carboxylic acids is 4. The molecule has 7 aliphatic carbocycles. The third-order valence-corrected chi connectivity index (χ3v) is 12.2. The van der Waals surface area contributed by atoms with E-state index in [2.05, 4.69) is 0 Å². The van der Waals surface area contributed by atoms with Crippen molar-refractivity contribution >= 4 is 35.6 Å². The van der Waals surface area contributed by atoms with Crippen LogP contribution in [0.25, 0.3) is 0 Å². The van der Waals surface area contributed by atoms with E-state index in [1.165, 1.54) is 46.2 Å². The molecule has 2 aromatic rings. The maximum atomic E-state index is 13.7. The van der Waals surface area contributed by atoms with Gasteiger partial charge in [-0.2, -0.15) is 0 Å².